The molecule has 1 aromatic heterocycles. The summed E-state index contributed by atoms with van der Waals surface area (Å²) in [6, 6.07) is 14.3. The summed E-state index contributed by atoms with van der Waals surface area (Å²) in [5, 5.41) is 1.35. The van der Waals surface area contributed by atoms with Gasteiger partial charge in [-0.3, -0.25) is 0 Å². The standard InChI is InChI=1S/C61H80BN2S/c1-15-22-48(16-2)24-20-32-60(11,12)34-35-61(13,14)33-21-36-63-50-26-19-27-51(37-50)64(49(17-3)25-18-23-42(4)5)52(38-53-44(7)29-28-43(6)47(53)10)41-62-59-58(63)56-39-54-45(8)30-31-46(9)55(54)40-57(56)65-59/h15-27,36-46H,3,10,28-35H2,1-2,4-9,11-14H3/b22-15-,23-18+,24-20+,36-21+,48-16+,49-25+,52-41-,53-38-. The Morgan fingerprint density at radius 3 is 2.15 bits per heavy atom. The second-order valence-electron chi connectivity index (χ2n) is 21.4. The maximum absolute atomic E-state index is 4.68. The van der Waals surface area contributed by atoms with Crippen molar-refractivity contribution in [2.45, 2.75) is 146 Å². The molecule has 2 bridgehead atoms. The first-order chi connectivity index (χ1) is 30.9. The summed E-state index contributed by atoms with van der Waals surface area (Å²) >= 11 is 1.94. The first-order valence-corrected chi connectivity index (χ1v) is 25.7. The highest BCUT2D eigenvalue weighted by molar-refractivity contribution is 7.28. The van der Waals surface area contributed by atoms with E-state index in [0.717, 1.165) is 42.0 Å². The highest BCUT2D eigenvalue weighted by Gasteiger charge is 2.30. The Morgan fingerprint density at radius 1 is 0.846 bits per heavy atom. The van der Waals surface area contributed by atoms with E-state index in [1.807, 2.05) is 17.4 Å². The molecule has 4 heteroatoms. The number of rotatable bonds is 15. The van der Waals surface area contributed by atoms with Gasteiger partial charge in [-0.2, -0.15) is 0 Å². The van der Waals surface area contributed by atoms with Crippen molar-refractivity contribution < 1.29 is 0 Å². The van der Waals surface area contributed by atoms with Gasteiger partial charge in [0.1, 0.15) is 0 Å². The van der Waals surface area contributed by atoms with Crippen LogP contribution in [0.3, 0.4) is 0 Å². The topological polar surface area (TPSA) is 6.48 Å². The zero-order chi connectivity index (χ0) is 47.1. The molecule has 0 spiro atoms. The quantitative estimate of drug-likeness (QED) is 0.111. The van der Waals surface area contributed by atoms with E-state index in [0.29, 0.717) is 29.6 Å². The zero-order valence-corrected chi connectivity index (χ0v) is 43.1. The van der Waals surface area contributed by atoms with Crippen LogP contribution in [0.25, 0.3) is 10.1 Å². The molecule has 1 aliphatic heterocycles. The minimum Gasteiger partial charge on any atom is -0.317 e. The van der Waals surface area contributed by atoms with Gasteiger partial charge < -0.3 is 9.80 Å². The number of benzene rings is 2. The predicted molar refractivity (Wildman–Crippen MR) is 292 cm³/mol. The second-order valence-corrected chi connectivity index (χ2v) is 22.5. The largest absolute Gasteiger partial charge is 0.317 e. The Balaban J connectivity index is 1.48. The van der Waals surface area contributed by atoms with Gasteiger partial charge in [0, 0.05) is 39.1 Å². The lowest BCUT2D eigenvalue weighted by atomic mass is 9.72. The lowest BCUT2D eigenvalue weighted by molar-refractivity contribution is 0.242. The summed E-state index contributed by atoms with van der Waals surface area (Å²) in [5.74, 6) is 4.83. The molecule has 343 valence electrons. The van der Waals surface area contributed by atoms with Crippen molar-refractivity contribution in [3.05, 3.63) is 168 Å². The van der Waals surface area contributed by atoms with E-state index in [1.54, 1.807) is 0 Å². The van der Waals surface area contributed by atoms with Crippen LogP contribution in [0.1, 0.15) is 157 Å². The molecule has 2 nitrogen and oxygen atoms in total. The van der Waals surface area contributed by atoms with Crippen LogP contribution in [0, 0.1) is 28.6 Å². The number of fused-ring (bicyclic) bond motifs is 6. The molecule has 1 radical (unpaired) electrons. The summed E-state index contributed by atoms with van der Waals surface area (Å²) in [6.07, 6.45) is 36.3. The molecule has 4 atom stereocenters. The molecule has 1 saturated carbocycles. The smallest absolute Gasteiger partial charge is 0.200 e. The van der Waals surface area contributed by atoms with Crippen LogP contribution in [-0.2, 0) is 0 Å². The third-order valence-corrected chi connectivity index (χ3v) is 15.5. The highest BCUT2D eigenvalue weighted by Crippen LogP contribution is 2.46. The summed E-state index contributed by atoms with van der Waals surface area (Å²) < 4.78 is 2.63. The summed E-state index contributed by atoms with van der Waals surface area (Å²) in [5.41, 5.74) is 13.0. The van der Waals surface area contributed by atoms with Gasteiger partial charge in [0.25, 0.3) is 0 Å². The fourth-order valence-electron chi connectivity index (χ4n) is 9.82. The van der Waals surface area contributed by atoms with E-state index in [-0.39, 0.29) is 10.8 Å². The van der Waals surface area contributed by atoms with Gasteiger partial charge >= 0.3 is 0 Å². The molecular weight excluding hydrogens is 804 g/mol. The van der Waals surface area contributed by atoms with Crippen molar-refractivity contribution in [2.24, 2.45) is 28.6 Å². The Kier molecular flexibility index (Phi) is 16.8. The van der Waals surface area contributed by atoms with Crippen molar-refractivity contribution >= 4 is 50.5 Å². The lowest BCUT2D eigenvalue weighted by Crippen LogP contribution is -2.26. The maximum Gasteiger partial charge on any atom is 0.200 e. The second kappa shape index (κ2) is 21.8. The molecule has 0 N–H and O–H groups in total. The first-order valence-electron chi connectivity index (χ1n) is 24.8. The number of anilines is 3. The Morgan fingerprint density at radius 2 is 1.49 bits per heavy atom. The van der Waals surface area contributed by atoms with Crippen molar-refractivity contribution in [3.63, 3.8) is 0 Å². The van der Waals surface area contributed by atoms with Gasteiger partial charge in [0.2, 0.25) is 7.28 Å². The molecule has 3 aromatic rings. The molecule has 2 heterocycles. The highest BCUT2D eigenvalue weighted by atomic mass is 32.1. The number of nitrogens with zero attached hydrogens (tertiary/aromatic N) is 2. The molecule has 1 fully saturated rings. The monoisotopic (exact) mass is 884 g/mol. The van der Waals surface area contributed by atoms with Crippen LogP contribution in [0.15, 0.2) is 157 Å². The molecule has 6 rings (SSSR count). The van der Waals surface area contributed by atoms with Crippen LogP contribution in [0.5, 0.6) is 0 Å². The Hall–Kier alpha value is -4.54. The van der Waals surface area contributed by atoms with Gasteiger partial charge in [0.15, 0.2) is 0 Å². The van der Waals surface area contributed by atoms with Gasteiger partial charge in [-0.25, -0.2) is 0 Å². The fraction of sp³-hybridized carbons (Fsp3) is 0.443. The minimum atomic E-state index is 0.138. The van der Waals surface area contributed by atoms with E-state index in [2.05, 4.69) is 223 Å². The lowest BCUT2D eigenvalue weighted by Gasteiger charge is -2.34. The average Bonchev–Trinajstić information content (AvgIpc) is 3.62. The molecular formula is C61H80BN2S. The zero-order valence-electron chi connectivity index (χ0n) is 42.3. The van der Waals surface area contributed by atoms with E-state index >= 15 is 0 Å². The van der Waals surface area contributed by atoms with Gasteiger partial charge in [0.05, 0.1) is 5.69 Å². The van der Waals surface area contributed by atoms with Crippen LogP contribution >= 0.6 is 11.3 Å². The number of hydrogen-bond acceptors (Lipinski definition) is 3. The van der Waals surface area contributed by atoms with E-state index < -0.39 is 0 Å². The Labute approximate surface area is 401 Å². The number of hydrogen-bond donors (Lipinski definition) is 0. The number of allylic oxidation sites excluding steroid dienone is 14. The third-order valence-electron chi connectivity index (χ3n) is 14.4. The molecule has 2 aromatic carbocycles. The van der Waals surface area contributed by atoms with Crippen molar-refractivity contribution in [2.75, 3.05) is 9.80 Å². The van der Waals surface area contributed by atoms with Crippen LogP contribution in [0.4, 0.5) is 17.1 Å². The van der Waals surface area contributed by atoms with Gasteiger partial charge in [-0.1, -0.05) is 143 Å². The van der Waals surface area contributed by atoms with Crippen LogP contribution < -0.4 is 14.6 Å². The van der Waals surface area contributed by atoms with E-state index in [1.165, 1.54) is 80.5 Å². The molecule has 0 amide bonds. The van der Waals surface area contributed by atoms with Crippen molar-refractivity contribution in [1.82, 2.24) is 0 Å². The summed E-state index contributed by atoms with van der Waals surface area (Å²) in [7, 11) is 2.40. The Bertz CT molecular complexity index is 2430. The van der Waals surface area contributed by atoms with E-state index in [4.69, 9.17) is 0 Å². The van der Waals surface area contributed by atoms with Crippen LogP contribution in [0.2, 0.25) is 0 Å². The number of thiophene rings is 1. The van der Waals surface area contributed by atoms with Gasteiger partial charge in [-0.05, 0) is 187 Å². The molecule has 4 unspecified atom stereocenters. The minimum absolute atomic E-state index is 0.138. The van der Waals surface area contributed by atoms with E-state index in [9.17, 15) is 0 Å². The van der Waals surface area contributed by atoms with Crippen molar-refractivity contribution in [3.8, 4) is 0 Å². The van der Waals surface area contributed by atoms with Crippen LogP contribution in [-0.4, -0.2) is 7.28 Å². The fourth-order valence-corrected chi connectivity index (χ4v) is 11.0. The average molecular weight is 884 g/mol. The maximum atomic E-state index is 4.68. The molecule has 65 heavy (non-hydrogen) atoms. The summed E-state index contributed by atoms with van der Waals surface area (Å²) in [4.78, 5) is 4.91. The van der Waals surface area contributed by atoms with Crippen molar-refractivity contribution in [1.29, 1.82) is 0 Å². The summed E-state index contributed by atoms with van der Waals surface area (Å²) in [6.45, 7) is 37.0. The van der Waals surface area contributed by atoms with Gasteiger partial charge in [-0.15, -0.1) is 11.3 Å². The SMILES string of the molecule is C=C/C(=C\C=C\C(C)C)N1C(/C=C2\C(=C)C(C)CCC2C)=C\[B]c2sc3cc4c(cc3c2N(/C=C/CC(C)(C)CCC(C)(C)C/C=C/C(/C=C\C)=C/C)c2cccc1c2)C(C)CCC4C. The normalized spacial score (nSPS) is 23.0. The third kappa shape index (κ3) is 12.3. The molecule has 3 aliphatic rings. The molecule has 0 saturated heterocycles. The first kappa shape index (κ1) is 49.9. The predicted octanol–water partition coefficient (Wildman–Crippen LogP) is 18.1. The molecule has 2 aliphatic carbocycles.